The van der Waals surface area contributed by atoms with Crippen molar-refractivity contribution in [1.82, 2.24) is 9.55 Å². The van der Waals surface area contributed by atoms with Crippen LogP contribution in [0.15, 0.2) is 24.3 Å². The van der Waals surface area contributed by atoms with Crippen molar-refractivity contribution in [2.45, 2.75) is 25.8 Å². The zero-order valence-electron chi connectivity index (χ0n) is 12.0. The molecule has 110 valence electrons. The second-order valence-electron chi connectivity index (χ2n) is 6.08. The van der Waals surface area contributed by atoms with Gasteiger partial charge in [0.1, 0.15) is 0 Å². The average Bonchev–Trinajstić information content (AvgIpc) is 3.20. The minimum absolute atomic E-state index is 0.0846. The molecular weight excluding hydrogens is 264 g/mol. The standard InChI is InChI=1S/C16H20N4O/c17-10-11-4-3-5-12(11)15(21)20-9-8-19-14-7-2-1-6-13(14)18-16(19)20/h1-2,6-7,11-12H,3-5,8-10,17H2/t11-,12-/m1/s1. The fraction of sp³-hybridized carbons (Fsp3) is 0.500. The third-order valence-electron chi connectivity index (χ3n) is 4.97. The van der Waals surface area contributed by atoms with Crippen LogP contribution in [-0.2, 0) is 11.3 Å². The van der Waals surface area contributed by atoms with E-state index in [1.807, 2.05) is 23.1 Å². The molecule has 5 heteroatoms. The number of benzene rings is 1. The van der Waals surface area contributed by atoms with Crippen LogP contribution in [0.4, 0.5) is 5.95 Å². The van der Waals surface area contributed by atoms with Gasteiger partial charge in [-0.25, -0.2) is 4.98 Å². The number of nitrogens with zero attached hydrogens (tertiary/aromatic N) is 3. The zero-order chi connectivity index (χ0) is 14.4. The van der Waals surface area contributed by atoms with E-state index in [0.717, 1.165) is 49.3 Å². The Morgan fingerprint density at radius 3 is 3.00 bits per heavy atom. The first-order valence-electron chi connectivity index (χ1n) is 7.76. The van der Waals surface area contributed by atoms with Crippen molar-refractivity contribution >= 4 is 22.9 Å². The predicted octanol–water partition coefficient (Wildman–Crippen LogP) is 1.76. The summed E-state index contributed by atoms with van der Waals surface area (Å²) in [7, 11) is 0. The lowest BCUT2D eigenvalue weighted by atomic mass is 9.95. The van der Waals surface area contributed by atoms with E-state index >= 15 is 0 Å². The van der Waals surface area contributed by atoms with E-state index in [-0.39, 0.29) is 11.8 Å². The van der Waals surface area contributed by atoms with Gasteiger partial charge in [0.05, 0.1) is 11.0 Å². The molecule has 4 rings (SSSR count). The summed E-state index contributed by atoms with van der Waals surface area (Å²) in [5.74, 6) is 1.46. The van der Waals surface area contributed by atoms with Crippen LogP contribution >= 0.6 is 0 Å². The number of imidazole rings is 1. The van der Waals surface area contributed by atoms with Gasteiger partial charge in [0.15, 0.2) is 0 Å². The zero-order valence-corrected chi connectivity index (χ0v) is 12.0. The Morgan fingerprint density at radius 1 is 1.29 bits per heavy atom. The summed E-state index contributed by atoms with van der Waals surface area (Å²) >= 11 is 0. The molecule has 1 aromatic carbocycles. The molecule has 1 aromatic heterocycles. The van der Waals surface area contributed by atoms with Crippen molar-refractivity contribution in [3.8, 4) is 0 Å². The van der Waals surface area contributed by atoms with E-state index in [1.165, 1.54) is 0 Å². The van der Waals surface area contributed by atoms with Gasteiger partial charge in [0, 0.05) is 19.0 Å². The first-order valence-corrected chi connectivity index (χ1v) is 7.76. The van der Waals surface area contributed by atoms with E-state index in [9.17, 15) is 4.79 Å². The molecular formula is C16H20N4O. The highest BCUT2D eigenvalue weighted by molar-refractivity contribution is 5.96. The Kier molecular flexibility index (Phi) is 2.96. The van der Waals surface area contributed by atoms with Crippen molar-refractivity contribution in [3.63, 3.8) is 0 Å². The van der Waals surface area contributed by atoms with Gasteiger partial charge in [0.25, 0.3) is 0 Å². The van der Waals surface area contributed by atoms with E-state index in [1.54, 1.807) is 0 Å². The van der Waals surface area contributed by atoms with E-state index in [0.29, 0.717) is 12.5 Å². The van der Waals surface area contributed by atoms with Gasteiger partial charge in [0.2, 0.25) is 11.9 Å². The molecule has 5 nitrogen and oxygen atoms in total. The highest BCUT2D eigenvalue weighted by Crippen LogP contribution is 2.35. The number of carbonyl (C=O) groups excluding carboxylic acids is 1. The molecule has 1 aliphatic heterocycles. The lowest BCUT2D eigenvalue weighted by Crippen LogP contribution is -2.38. The molecule has 0 bridgehead atoms. The summed E-state index contributed by atoms with van der Waals surface area (Å²) in [6.07, 6.45) is 3.16. The van der Waals surface area contributed by atoms with Gasteiger partial charge in [-0.05, 0) is 37.4 Å². The van der Waals surface area contributed by atoms with Gasteiger partial charge >= 0.3 is 0 Å². The fourth-order valence-corrected chi connectivity index (χ4v) is 3.84. The van der Waals surface area contributed by atoms with Crippen LogP contribution in [0.1, 0.15) is 19.3 Å². The number of anilines is 1. The number of aromatic nitrogens is 2. The van der Waals surface area contributed by atoms with E-state index < -0.39 is 0 Å². The summed E-state index contributed by atoms with van der Waals surface area (Å²) in [4.78, 5) is 19.4. The molecule has 1 saturated carbocycles. The second-order valence-corrected chi connectivity index (χ2v) is 6.08. The van der Waals surface area contributed by atoms with Crippen molar-refractivity contribution in [1.29, 1.82) is 0 Å². The number of rotatable bonds is 2. The highest BCUT2D eigenvalue weighted by atomic mass is 16.2. The van der Waals surface area contributed by atoms with Crippen molar-refractivity contribution in [2.24, 2.45) is 17.6 Å². The van der Waals surface area contributed by atoms with Crippen LogP contribution < -0.4 is 10.6 Å². The van der Waals surface area contributed by atoms with Gasteiger partial charge in [-0.1, -0.05) is 18.6 Å². The Balaban J connectivity index is 1.68. The van der Waals surface area contributed by atoms with Crippen LogP contribution in [0.5, 0.6) is 0 Å². The van der Waals surface area contributed by atoms with E-state index in [2.05, 4.69) is 15.6 Å². The summed E-state index contributed by atoms with van der Waals surface area (Å²) in [5, 5.41) is 0. The largest absolute Gasteiger partial charge is 0.330 e. The summed E-state index contributed by atoms with van der Waals surface area (Å²) in [6, 6.07) is 8.07. The Hall–Kier alpha value is -1.88. The minimum atomic E-state index is 0.0846. The van der Waals surface area contributed by atoms with Gasteiger partial charge in [-0.2, -0.15) is 0 Å². The molecule has 0 spiro atoms. The molecule has 1 amide bonds. The molecule has 1 fully saturated rings. The number of amides is 1. The molecule has 2 aliphatic rings. The molecule has 2 aromatic rings. The van der Waals surface area contributed by atoms with Crippen molar-refractivity contribution < 1.29 is 4.79 Å². The minimum Gasteiger partial charge on any atom is -0.330 e. The van der Waals surface area contributed by atoms with E-state index in [4.69, 9.17) is 5.73 Å². The first-order chi connectivity index (χ1) is 10.3. The van der Waals surface area contributed by atoms with Gasteiger partial charge in [-0.15, -0.1) is 0 Å². The third-order valence-corrected chi connectivity index (χ3v) is 4.97. The molecule has 2 heterocycles. The second kappa shape index (κ2) is 4.84. The maximum atomic E-state index is 12.9. The average molecular weight is 284 g/mol. The van der Waals surface area contributed by atoms with Crippen LogP contribution in [0.25, 0.3) is 11.0 Å². The predicted molar refractivity (Wildman–Crippen MR) is 82.0 cm³/mol. The number of carbonyl (C=O) groups is 1. The lowest BCUT2D eigenvalue weighted by Gasteiger charge is -2.22. The fourth-order valence-electron chi connectivity index (χ4n) is 3.84. The van der Waals surface area contributed by atoms with Crippen LogP contribution in [0, 0.1) is 11.8 Å². The maximum Gasteiger partial charge on any atom is 0.232 e. The Morgan fingerprint density at radius 2 is 2.14 bits per heavy atom. The van der Waals surface area contributed by atoms with Gasteiger partial charge in [-0.3, -0.25) is 9.69 Å². The normalized spacial score (nSPS) is 24.7. The summed E-state index contributed by atoms with van der Waals surface area (Å²) < 4.78 is 2.15. The number of fused-ring (bicyclic) bond motifs is 3. The number of para-hydroxylation sites is 2. The highest BCUT2D eigenvalue weighted by Gasteiger charge is 2.38. The lowest BCUT2D eigenvalue weighted by molar-refractivity contribution is -0.123. The smallest absolute Gasteiger partial charge is 0.232 e. The Labute approximate surface area is 123 Å². The number of hydrogen-bond donors (Lipinski definition) is 1. The molecule has 1 aliphatic carbocycles. The first kappa shape index (κ1) is 12.8. The monoisotopic (exact) mass is 284 g/mol. The molecule has 0 radical (unpaired) electrons. The quantitative estimate of drug-likeness (QED) is 0.914. The molecule has 21 heavy (non-hydrogen) atoms. The summed E-state index contributed by atoms with van der Waals surface area (Å²) in [5.41, 5.74) is 7.91. The summed E-state index contributed by atoms with van der Waals surface area (Å²) in [6.45, 7) is 2.18. The third kappa shape index (κ3) is 1.87. The topological polar surface area (TPSA) is 64.2 Å². The molecule has 0 saturated heterocycles. The van der Waals surface area contributed by atoms with Crippen LogP contribution in [-0.4, -0.2) is 28.5 Å². The van der Waals surface area contributed by atoms with Crippen molar-refractivity contribution in [3.05, 3.63) is 24.3 Å². The van der Waals surface area contributed by atoms with Crippen LogP contribution in [0.3, 0.4) is 0 Å². The number of hydrogen-bond acceptors (Lipinski definition) is 3. The molecule has 2 atom stereocenters. The van der Waals surface area contributed by atoms with Crippen molar-refractivity contribution in [2.75, 3.05) is 18.0 Å². The molecule has 0 unspecified atom stereocenters. The maximum absolute atomic E-state index is 12.9. The van der Waals surface area contributed by atoms with Crippen LogP contribution in [0.2, 0.25) is 0 Å². The SMILES string of the molecule is NC[C@H]1CCC[C@H]1C(=O)N1CCn2c1nc1ccccc12. The number of nitrogens with two attached hydrogens (primary N) is 1. The van der Waals surface area contributed by atoms with Gasteiger partial charge < -0.3 is 10.3 Å². The molecule has 2 N–H and O–H groups in total. The Bertz CT molecular complexity index is 693.